The van der Waals surface area contributed by atoms with Crippen molar-refractivity contribution in [2.75, 3.05) is 17.2 Å². The van der Waals surface area contributed by atoms with E-state index in [1.54, 1.807) is 6.07 Å². The van der Waals surface area contributed by atoms with Crippen LogP contribution in [0.5, 0.6) is 0 Å². The molecule has 0 atom stereocenters. The number of rotatable bonds is 5. The average Bonchev–Trinajstić information content (AvgIpc) is 2.50. The number of aromatic carboxylic acids is 1. The van der Waals surface area contributed by atoms with Crippen molar-refractivity contribution in [2.24, 2.45) is 0 Å². The van der Waals surface area contributed by atoms with Crippen LogP contribution in [-0.2, 0) is 0 Å². The van der Waals surface area contributed by atoms with E-state index in [0.29, 0.717) is 24.3 Å². The topological polar surface area (TPSA) is 90.3 Å². The number of benzene rings is 2. The first-order chi connectivity index (χ1) is 10.1. The van der Waals surface area contributed by atoms with Crippen molar-refractivity contribution in [3.05, 3.63) is 54.1 Å². The Kier molecular flexibility index (Phi) is 4.42. The summed E-state index contributed by atoms with van der Waals surface area (Å²) in [6.07, 6.45) is 0.311. The summed E-state index contributed by atoms with van der Waals surface area (Å²) in [5, 5.41) is 17.9. The quantitative estimate of drug-likeness (QED) is 0.822. The second-order valence-corrected chi connectivity index (χ2v) is 4.47. The Bertz CT molecular complexity index is 678. The number of nitrogens with zero attached hydrogens (tertiary/aromatic N) is 2. The first-order valence-electron chi connectivity index (χ1n) is 6.46. The van der Waals surface area contributed by atoms with Crippen molar-refractivity contribution in [3.63, 3.8) is 0 Å². The number of nitrogens with two attached hydrogens (primary N) is 1. The van der Waals surface area contributed by atoms with Crippen LogP contribution in [0.2, 0.25) is 0 Å². The predicted molar refractivity (Wildman–Crippen MR) is 81.5 cm³/mol. The molecule has 5 nitrogen and oxygen atoms in total. The van der Waals surface area contributed by atoms with E-state index >= 15 is 0 Å². The Balaban J connectivity index is 2.48. The van der Waals surface area contributed by atoms with Crippen LogP contribution in [0, 0.1) is 11.3 Å². The molecule has 5 heteroatoms. The third-order valence-corrected chi connectivity index (χ3v) is 3.08. The maximum Gasteiger partial charge on any atom is 0.335 e. The van der Waals surface area contributed by atoms with Gasteiger partial charge in [0, 0.05) is 12.2 Å². The molecule has 106 valence electrons. The Labute approximate surface area is 122 Å². The number of nitriles is 1. The van der Waals surface area contributed by atoms with Crippen LogP contribution in [0.3, 0.4) is 0 Å². The predicted octanol–water partition coefficient (Wildman–Crippen LogP) is 3.02. The summed E-state index contributed by atoms with van der Waals surface area (Å²) in [7, 11) is 0. The first-order valence-corrected chi connectivity index (χ1v) is 6.46. The van der Waals surface area contributed by atoms with Crippen LogP contribution in [0.25, 0.3) is 0 Å². The highest BCUT2D eigenvalue weighted by atomic mass is 16.4. The standard InChI is InChI=1S/C16H15N3O2/c17-9-4-10-19(13-5-2-1-3-6-13)15-11-12(16(20)21)7-8-14(15)18/h1-3,5-8,11H,4,10,18H2,(H,20,21). The Morgan fingerprint density at radius 2 is 1.95 bits per heavy atom. The zero-order chi connectivity index (χ0) is 15.2. The molecule has 0 bridgehead atoms. The molecule has 0 fully saturated rings. The Hall–Kier alpha value is -3.00. The molecule has 0 saturated carbocycles. The molecule has 0 spiro atoms. The van der Waals surface area contributed by atoms with Crippen LogP contribution in [0.1, 0.15) is 16.8 Å². The number of hydrogen-bond acceptors (Lipinski definition) is 4. The molecule has 2 rings (SSSR count). The van der Waals surface area contributed by atoms with Crippen LogP contribution >= 0.6 is 0 Å². The normalized spacial score (nSPS) is 9.86. The van der Waals surface area contributed by atoms with Gasteiger partial charge in [-0.05, 0) is 30.3 Å². The Morgan fingerprint density at radius 3 is 2.57 bits per heavy atom. The molecule has 0 aliphatic heterocycles. The van der Waals surface area contributed by atoms with Crippen LogP contribution in [-0.4, -0.2) is 17.6 Å². The molecule has 0 heterocycles. The third-order valence-electron chi connectivity index (χ3n) is 3.08. The highest BCUT2D eigenvalue weighted by Crippen LogP contribution is 2.31. The lowest BCUT2D eigenvalue weighted by atomic mass is 10.1. The van der Waals surface area contributed by atoms with E-state index in [0.717, 1.165) is 5.69 Å². The van der Waals surface area contributed by atoms with Gasteiger partial charge in [0.15, 0.2) is 0 Å². The van der Waals surface area contributed by atoms with Crippen molar-refractivity contribution in [1.29, 1.82) is 5.26 Å². The number of anilines is 3. The van der Waals surface area contributed by atoms with Crippen molar-refractivity contribution < 1.29 is 9.90 Å². The molecule has 3 N–H and O–H groups in total. The number of para-hydroxylation sites is 1. The summed E-state index contributed by atoms with van der Waals surface area (Å²) in [6, 6.07) is 16.1. The minimum Gasteiger partial charge on any atom is -0.478 e. The van der Waals surface area contributed by atoms with E-state index in [1.807, 2.05) is 35.2 Å². The van der Waals surface area contributed by atoms with Crippen LogP contribution in [0.15, 0.2) is 48.5 Å². The lowest BCUT2D eigenvalue weighted by Gasteiger charge is -2.25. The highest BCUT2D eigenvalue weighted by Gasteiger charge is 2.14. The molecule has 0 aromatic heterocycles. The molecule has 0 aliphatic rings. The summed E-state index contributed by atoms with van der Waals surface area (Å²) in [5.74, 6) is -1.01. The number of carboxylic acids is 1. The van der Waals surface area contributed by atoms with Gasteiger partial charge in [0.05, 0.1) is 29.4 Å². The molecule has 0 saturated heterocycles. The van der Waals surface area contributed by atoms with Gasteiger partial charge >= 0.3 is 5.97 Å². The van der Waals surface area contributed by atoms with Crippen molar-refractivity contribution in [1.82, 2.24) is 0 Å². The maximum atomic E-state index is 11.1. The van der Waals surface area contributed by atoms with Gasteiger partial charge in [-0.3, -0.25) is 0 Å². The summed E-state index contributed by atoms with van der Waals surface area (Å²) < 4.78 is 0. The number of carboxylic acid groups (broad SMARTS) is 1. The maximum absolute atomic E-state index is 11.1. The number of nitrogen functional groups attached to an aromatic ring is 1. The van der Waals surface area contributed by atoms with Gasteiger partial charge in [0.1, 0.15) is 0 Å². The largest absolute Gasteiger partial charge is 0.478 e. The number of carbonyl (C=O) groups is 1. The molecular weight excluding hydrogens is 266 g/mol. The highest BCUT2D eigenvalue weighted by molar-refractivity contribution is 5.91. The fraction of sp³-hybridized carbons (Fsp3) is 0.125. The van der Waals surface area contributed by atoms with Crippen LogP contribution < -0.4 is 10.6 Å². The van der Waals surface area contributed by atoms with Crippen molar-refractivity contribution in [2.45, 2.75) is 6.42 Å². The monoisotopic (exact) mass is 281 g/mol. The van der Waals surface area contributed by atoms with Gasteiger partial charge in [0.2, 0.25) is 0 Å². The van der Waals surface area contributed by atoms with Gasteiger partial charge < -0.3 is 15.7 Å². The van der Waals surface area contributed by atoms with Crippen molar-refractivity contribution in [3.8, 4) is 6.07 Å². The van der Waals surface area contributed by atoms with E-state index in [9.17, 15) is 4.79 Å². The Morgan fingerprint density at radius 1 is 1.24 bits per heavy atom. The molecule has 21 heavy (non-hydrogen) atoms. The molecule has 0 amide bonds. The number of hydrogen-bond donors (Lipinski definition) is 2. The lowest BCUT2D eigenvalue weighted by molar-refractivity contribution is 0.0697. The third kappa shape index (κ3) is 3.31. The second-order valence-electron chi connectivity index (χ2n) is 4.47. The molecule has 0 aliphatic carbocycles. The summed E-state index contributed by atoms with van der Waals surface area (Å²) >= 11 is 0. The first kappa shape index (κ1) is 14.4. The van der Waals surface area contributed by atoms with E-state index in [4.69, 9.17) is 16.1 Å². The fourth-order valence-electron chi connectivity index (χ4n) is 2.07. The van der Waals surface area contributed by atoms with Gasteiger partial charge in [-0.1, -0.05) is 18.2 Å². The van der Waals surface area contributed by atoms with Crippen molar-refractivity contribution >= 4 is 23.0 Å². The summed E-state index contributed by atoms with van der Waals surface area (Å²) in [5.41, 5.74) is 8.08. The van der Waals surface area contributed by atoms with Gasteiger partial charge in [-0.25, -0.2) is 4.79 Å². The van der Waals surface area contributed by atoms with Gasteiger partial charge in [-0.15, -0.1) is 0 Å². The fourth-order valence-corrected chi connectivity index (χ4v) is 2.07. The van der Waals surface area contributed by atoms with E-state index < -0.39 is 5.97 Å². The summed E-state index contributed by atoms with van der Waals surface area (Å²) in [4.78, 5) is 13.0. The average molecular weight is 281 g/mol. The lowest BCUT2D eigenvalue weighted by Crippen LogP contribution is -2.20. The zero-order valence-corrected chi connectivity index (χ0v) is 11.4. The SMILES string of the molecule is N#CCCN(c1ccccc1)c1cc(C(=O)O)ccc1N. The second kappa shape index (κ2) is 6.44. The minimum atomic E-state index is -1.01. The smallest absolute Gasteiger partial charge is 0.335 e. The zero-order valence-electron chi connectivity index (χ0n) is 11.4. The van der Waals surface area contributed by atoms with Crippen LogP contribution in [0.4, 0.5) is 17.1 Å². The van der Waals surface area contributed by atoms with Gasteiger partial charge in [0.25, 0.3) is 0 Å². The van der Waals surface area contributed by atoms with Gasteiger partial charge in [-0.2, -0.15) is 5.26 Å². The molecule has 2 aromatic carbocycles. The van der Waals surface area contributed by atoms with E-state index in [-0.39, 0.29) is 5.56 Å². The molecular formula is C16H15N3O2. The minimum absolute atomic E-state index is 0.164. The molecule has 2 aromatic rings. The molecule has 0 radical (unpaired) electrons. The van der Waals surface area contributed by atoms with E-state index in [1.165, 1.54) is 12.1 Å². The summed E-state index contributed by atoms with van der Waals surface area (Å²) in [6.45, 7) is 0.438. The molecule has 0 unspecified atom stereocenters. The van der Waals surface area contributed by atoms with E-state index in [2.05, 4.69) is 6.07 Å².